The van der Waals surface area contributed by atoms with Crippen LogP contribution in [0.2, 0.25) is 0 Å². The fourth-order valence-corrected chi connectivity index (χ4v) is 2.17. The molecule has 0 unspecified atom stereocenters. The van der Waals surface area contributed by atoms with Crippen LogP contribution in [-0.4, -0.2) is 28.6 Å². The van der Waals surface area contributed by atoms with Crippen molar-refractivity contribution in [1.82, 2.24) is 21.0 Å². The van der Waals surface area contributed by atoms with Gasteiger partial charge in [0, 0.05) is 5.39 Å². The number of amides is 2. The van der Waals surface area contributed by atoms with Gasteiger partial charge < -0.3 is 4.74 Å². The van der Waals surface area contributed by atoms with Gasteiger partial charge in [-0.15, -0.1) is 0 Å². The number of carbonyl (C=O) groups excluding carboxylic acids is 2. The number of rotatable bonds is 4. The van der Waals surface area contributed by atoms with Gasteiger partial charge in [0.05, 0.1) is 17.3 Å². The van der Waals surface area contributed by atoms with E-state index in [1.54, 1.807) is 30.5 Å². The summed E-state index contributed by atoms with van der Waals surface area (Å²) in [6, 6.07) is 12.6. The third-order valence-electron chi connectivity index (χ3n) is 3.43. The van der Waals surface area contributed by atoms with Gasteiger partial charge in [-0.25, -0.2) is 0 Å². The molecule has 0 atom stereocenters. The molecule has 24 heavy (non-hydrogen) atoms. The molecule has 1 heterocycles. The Balaban J connectivity index is 1.53. The van der Waals surface area contributed by atoms with Gasteiger partial charge in [-0.2, -0.15) is 5.10 Å². The second kappa shape index (κ2) is 6.82. The van der Waals surface area contributed by atoms with Crippen molar-refractivity contribution in [2.75, 3.05) is 6.61 Å². The molecule has 3 N–H and O–H groups in total. The molecular weight excluding hydrogens is 308 g/mol. The molecule has 3 rings (SSSR count). The van der Waals surface area contributed by atoms with Crippen molar-refractivity contribution >= 4 is 22.7 Å². The Kier molecular flexibility index (Phi) is 4.42. The van der Waals surface area contributed by atoms with E-state index in [0.29, 0.717) is 16.8 Å². The minimum Gasteiger partial charge on any atom is -0.484 e. The average molecular weight is 324 g/mol. The van der Waals surface area contributed by atoms with Crippen LogP contribution in [0, 0.1) is 6.92 Å². The summed E-state index contributed by atoms with van der Waals surface area (Å²) < 4.78 is 5.34. The first-order valence-corrected chi connectivity index (χ1v) is 7.34. The summed E-state index contributed by atoms with van der Waals surface area (Å²) in [7, 11) is 0. The molecule has 0 spiro atoms. The molecule has 0 aliphatic heterocycles. The second-order valence-corrected chi connectivity index (χ2v) is 5.24. The zero-order valence-corrected chi connectivity index (χ0v) is 13.0. The van der Waals surface area contributed by atoms with Crippen LogP contribution in [0.15, 0.2) is 48.7 Å². The lowest BCUT2D eigenvalue weighted by Gasteiger charge is -2.09. The summed E-state index contributed by atoms with van der Waals surface area (Å²) in [6.07, 6.45) is 1.63. The van der Waals surface area contributed by atoms with Gasteiger partial charge in [0.15, 0.2) is 6.61 Å². The number of ether oxygens (including phenoxy) is 1. The van der Waals surface area contributed by atoms with E-state index < -0.39 is 11.8 Å². The molecule has 0 radical (unpaired) electrons. The van der Waals surface area contributed by atoms with E-state index in [1.807, 2.05) is 25.1 Å². The number of benzene rings is 2. The molecule has 2 aromatic carbocycles. The topological polar surface area (TPSA) is 96.1 Å². The third-order valence-corrected chi connectivity index (χ3v) is 3.43. The lowest BCUT2D eigenvalue weighted by atomic mass is 10.1. The Morgan fingerprint density at radius 2 is 1.92 bits per heavy atom. The number of carbonyl (C=O) groups is 2. The van der Waals surface area contributed by atoms with Crippen molar-refractivity contribution in [3.63, 3.8) is 0 Å². The standard InChI is InChI=1S/C17H16N4O3/c1-11-5-7-13(8-6-11)24-10-15(22)19-21-17(23)14-4-2-3-12-9-18-20-16(12)14/h2-9H,10H2,1H3,(H,18,20)(H,19,22)(H,21,23). The summed E-state index contributed by atoms with van der Waals surface area (Å²) in [5, 5.41) is 7.47. The minimum atomic E-state index is -0.458. The number of aromatic nitrogens is 2. The lowest BCUT2D eigenvalue weighted by molar-refractivity contribution is -0.123. The highest BCUT2D eigenvalue weighted by Gasteiger charge is 2.12. The number of hydrazine groups is 1. The zero-order chi connectivity index (χ0) is 16.9. The predicted molar refractivity (Wildman–Crippen MR) is 88.4 cm³/mol. The molecular formula is C17H16N4O3. The van der Waals surface area contributed by atoms with Gasteiger partial charge in [-0.1, -0.05) is 29.8 Å². The van der Waals surface area contributed by atoms with Gasteiger partial charge in [-0.3, -0.25) is 25.5 Å². The summed E-state index contributed by atoms with van der Waals surface area (Å²) in [4.78, 5) is 23.9. The number of H-pyrrole nitrogens is 1. The van der Waals surface area contributed by atoms with Gasteiger partial charge in [0.1, 0.15) is 5.75 Å². The number of hydrogen-bond acceptors (Lipinski definition) is 4. The SMILES string of the molecule is Cc1ccc(OCC(=O)NNC(=O)c2cccc3cn[nH]c23)cc1. The average Bonchev–Trinajstić information content (AvgIpc) is 3.07. The second-order valence-electron chi connectivity index (χ2n) is 5.24. The Hall–Kier alpha value is -3.35. The van der Waals surface area contributed by atoms with Crippen LogP contribution >= 0.6 is 0 Å². The summed E-state index contributed by atoms with van der Waals surface area (Å²) in [5.41, 5.74) is 6.79. The molecule has 0 aliphatic rings. The Morgan fingerprint density at radius 3 is 2.71 bits per heavy atom. The first kappa shape index (κ1) is 15.5. The maximum Gasteiger partial charge on any atom is 0.276 e. The molecule has 2 amide bonds. The van der Waals surface area contributed by atoms with Gasteiger partial charge >= 0.3 is 0 Å². The van der Waals surface area contributed by atoms with Crippen molar-refractivity contribution in [2.45, 2.75) is 6.92 Å². The molecule has 0 bridgehead atoms. The van der Waals surface area contributed by atoms with E-state index in [0.717, 1.165) is 10.9 Å². The fraction of sp³-hybridized carbons (Fsp3) is 0.118. The van der Waals surface area contributed by atoms with Crippen LogP contribution < -0.4 is 15.6 Å². The molecule has 0 fully saturated rings. The number of aryl methyl sites for hydroxylation is 1. The van der Waals surface area contributed by atoms with E-state index in [1.165, 1.54) is 0 Å². The molecule has 122 valence electrons. The number of aromatic amines is 1. The number of para-hydroxylation sites is 1. The van der Waals surface area contributed by atoms with E-state index in [4.69, 9.17) is 4.74 Å². The van der Waals surface area contributed by atoms with E-state index >= 15 is 0 Å². The van der Waals surface area contributed by atoms with E-state index in [-0.39, 0.29) is 6.61 Å². The molecule has 7 nitrogen and oxygen atoms in total. The Bertz CT molecular complexity index is 871. The number of fused-ring (bicyclic) bond motifs is 1. The fourth-order valence-electron chi connectivity index (χ4n) is 2.17. The largest absolute Gasteiger partial charge is 0.484 e. The zero-order valence-electron chi connectivity index (χ0n) is 13.0. The normalized spacial score (nSPS) is 10.4. The van der Waals surface area contributed by atoms with Crippen LogP contribution in [0.25, 0.3) is 10.9 Å². The van der Waals surface area contributed by atoms with Crippen molar-refractivity contribution in [2.24, 2.45) is 0 Å². The van der Waals surface area contributed by atoms with Crippen molar-refractivity contribution in [3.05, 3.63) is 59.8 Å². The van der Waals surface area contributed by atoms with E-state index in [2.05, 4.69) is 21.0 Å². The summed E-state index contributed by atoms with van der Waals surface area (Å²) in [6.45, 7) is 1.77. The van der Waals surface area contributed by atoms with Crippen LogP contribution in [0.1, 0.15) is 15.9 Å². The minimum absolute atomic E-state index is 0.197. The van der Waals surface area contributed by atoms with Gasteiger partial charge in [0.25, 0.3) is 11.8 Å². The van der Waals surface area contributed by atoms with Crippen molar-refractivity contribution < 1.29 is 14.3 Å². The number of nitrogens with zero attached hydrogens (tertiary/aromatic N) is 1. The van der Waals surface area contributed by atoms with E-state index in [9.17, 15) is 9.59 Å². The van der Waals surface area contributed by atoms with Crippen LogP contribution in [0.5, 0.6) is 5.75 Å². The maximum absolute atomic E-state index is 12.2. The monoisotopic (exact) mass is 324 g/mol. The van der Waals surface area contributed by atoms with Crippen LogP contribution in [0.3, 0.4) is 0 Å². The molecule has 7 heteroatoms. The molecule has 0 saturated heterocycles. The molecule has 0 saturated carbocycles. The highest BCUT2D eigenvalue weighted by Crippen LogP contribution is 2.15. The molecule has 1 aromatic heterocycles. The smallest absolute Gasteiger partial charge is 0.276 e. The molecule has 3 aromatic rings. The Morgan fingerprint density at radius 1 is 1.12 bits per heavy atom. The van der Waals surface area contributed by atoms with Crippen molar-refractivity contribution in [1.29, 1.82) is 0 Å². The van der Waals surface area contributed by atoms with Gasteiger partial charge in [0.2, 0.25) is 0 Å². The van der Waals surface area contributed by atoms with Crippen LogP contribution in [-0.2, 0) is 4.79 Å². The third kappa shape index (κ3) is 3.52. The lowest BCUT2D eigenvalue weighted by Crippen LogP contribution is -2.43. The highest BCUT2D eigenvalue weighted by molar-refractivity contribution is 6.05. The first-order valence-electron chi connectivity index (χ1n) is 7.34. The number of nitrogens with one attached hydrogen (secondary N) is 3. The Labute approximate surface area is 138 Å². The predicted octanol–water partition coefficient (Wildman–Crippen LogP) is 1.71. The quantitative estimate of drug-likeness (QED) is 0.637. The summed E-state index contributed by atoms with van der Waals surface area (Å²) >= 11 is 0. The summed E-state index contributed by atoms with van der Waals surface area (Å²) in [5.74, 6) is -0.307. The van der Waals surface area contributed by atoms with Crippen molar-refractivity contribution in [3.8, 4) is 5.75 Å². The number of hydrogen-bond donors (Lipinski definition) is 3. The van der Waals surface area contributed by atoms with Crippen LogP contribution in [0.4, 0.5) is 0 Å². The highest BCUT2D eigenvalue weighted by atomic mass is 16.5. The van der Waals surface area contributed by atoms with Gasteiger partial charge in [-0.05, 0) is 25.1 Å². The first-order chi connectivity index (χ1) is 11.6. The maximum atomic E-state index is 12.2. The molecule has 0 aliphatic carbocycles.